The molecule has 19 heavy (non-hydrogen) atoms. The zero-order valence-electron chi connectivity index (χ0n) is 13.5. The van der Waals surface area contributed by atoms with Crippen LogP contribution in [0.15, 0.2) is 4.99 Å². The Kier molecular flexibility index (Phi) is 6.65. The summed E-state index contributed by atoms with van der Waals surface area (Å²) in [6.45, 7) is 6.63. The number of likely N-dealkylation sites (N-methyl/N-ethyl adjacent to an activating group) is 1. The average Bonchev–Trinajstić information content (AvgIpc) is 2.20. The van der Waals surface area contributed by atoms with Gasteiger partial charge in [-0.05, 0) is 20.8 Å². The van der Waals surface area contributed by atoms with Gasteiger partial charge in [-0.2, -0.15) is 0 Å². The van der Waals surface area contributed by atoms with Crippen LogP contribution in [0.4, 0.5) is 4.79 Å². The largest absolute Gasteiger partial charge is 0.444 e. The third-order valence-electron chi connectivity index (χ3n) is 2.19. The van der Waals surface area contributed by atoms with E-state index in [4.69, 9.17) is 4.74 Å². The van der Waals surface area contributed by atoms with E-state index in [-0.39, 0.29) is 6.09 Å². The van der Waals surface area contributed by atoms with Crippen LogP contribution in [0.25, 0.3) is 0 Å². The molecule has 0 N–H and O–H groups in total. The predicted molar refractivity (Wildman–Crippen MR) is 78.5 cm³/mol. The Morgan fingerprint density at radius 2 is 1.53 bits per heavy atom. The molecule has 0 aromatic rings. The van der Waals surface area contributed by atoms with Crippen LogP contribution in [-0.2, 0) is 4.74 Å². The first-order valence-electron chi connectivity index (χ1n) is 6.38. The minimum absolute atomic E-state index is 0.320. The molecule has 0 atom stereocenters. The minimum Gasteiger partial charge on any atom is -0.444 e. The monoisotopic (exact) mass is 272 g/mol. The quantitative estimate of drug-likeness (QED) is 0.574. The van der Waals surface area contributed by atoms with E-state index in [1.54, 1.807) is 7.05 Å². The van der Waals surface area contributed by atoms with Gasteiger partial charge < -0.3 is 19.4 Å². The Hall–Kier alpha value is -1.46. The summed E-state index contributed by atoms with van der Waals surface area (Å²) in [7, 11) is 9.48. The first-order chi connectivity index (χ1) is 8.54. The van der Waals surface area contributed by atoms with E-state index in [0.29, 0.717) is 13.1 Å². The fourth-order valence-electron chi connectivity index (χ4n) is 1.41. The molecule has 0 rings (SSSR count). The number of amides is 1. The molecule has 0 aliphatic carbocycles. The molecule has 0 saturated carbocycles. The molecule has 0 bridgehead atoms. The van der Waals surface area contributed by atoms with Crippen LogP contribution in [-0.4, -0.2) is 80.7 Å². The number of hydrogen-bond donors (Lipinski definition) is 0. The van der Waals surface area contributed by atoms with Crippen LogP contribution in [0, 0.1) is 0 Å². The lowest BCUT2D eigenvalue weighted by molar-refractivity contribution is 0.0304. The van der Waals surface area contributed by atoms with Crippen molar-refractivity contribution < 1.29 is 9.53 Å². The highest BCUT2D eigenvalue weighted by Gasteiger charge is 2.19. The van der Waals surface area contributed by atoms with Crippen molar-refractivity contribution in [2.45, 2.75) is 26.4 Å². The number of nitrogens with zero attached hydrogens (tertiary/aromatic N) is 4. The number of rotatable bonds is 3. The molecule has 1 amide bonds. The van der Waals surface area contributed by atoms with Gasteiger partial charge >= 0.3 is 6.09 Å². The molecule has 6 nitrogen and oxygen atoms in total. The maximum absolute atomic E-state index is 11.7. The van der Waals surface area contributed by atoms with Gasteiger partial charge in [-0.15, -0.1) is 0 Å². The average molecular weight is 272 g/mol. The van der Waals surface area contributed by atoms with Crippen LogP contribution in [0.5, 0.6) is 0 Å². The first kappa shape index (κ1) is 17.5. The maximum Gasteiger partial charge on any atom is 0.410 e. The molecule has 0 aliphatic heterocycles. The second-order valence-corrected chi connectivity index (χ2v) is 5.87. The third-order valence-corrected chi connectivity index (χ3v) is 2.19. The smallest absolute Gasteiger partial charge is 0.410 e. The molecule has 0 radical (unpaired) electrons. The van der Waals surface area contributed by atoms with E-state index >= 15 is 0 Å². The molecule has 0 heterocycles. The van der Waals surface area contributed by atoms with Crippen LogP contribution in [0.2, 0.25) is 0 Å². The Morgan fingerprint density at radius 3 is 1.89 bits per heavy atom. The van der Waals surface area contributed by atoms with Crippen molar-refractivity contribution in [2.24, 2.45) is 4.99 Å². The van der Waals surface area contributed by atoms with Gasteiger partial charge in [-0.25, -0.2) is 4.79 Å². The molecule has 0 aromatic carbocycles. The van der Waals surface area contributed by atoms with E-state index in [1.165, 1.54) is 4.90 Å². The summed E-state index contributed by atoms with van der Waals surface area (Å²) in [5.41, 5.74) is -0.465. The molecular weight excluding hydrogens is 244 g/mol. The molecule has 0 unspecified atom stereocenters. The highest BCUT2D eigenvalue weighted by molar-refractivity contribution is 5.79. The normalized spacial score (nSPS) is 10.7. The van der Waals surface area contributed by atoms with Gasteiger partial charge in [0.05, 0.1) is 6.54 Å². The van der Waals surface area contributed by atoms with Crippen molar-refractivity contribution in [1.82, 2.24) is 14.7 Å². The van der Waals surface area contributed by atoms with E-state index in [9.17, 15) is 4.79 Å². The van der Waals surface area contributed by atoms with Gasteiger partial charge in [0.15, 0.2) is 5.96 Å². The highest BCUT2D eigenvalue weighted by Crippen LogP contribution is 2.08. The van der Waals surface area contributed by atoms with Crippen molar-refractivity contribution in [1.29, 1.82) is 0 Å². The van der Waals surface area contributed by atoms with Crippen molar-refractivity contribution in [3.8, 4) is 0 Å². The van der Waals surface area contributed by atoms with E-state index in [0.717, 1.165) is 5.96 Å². The van der Waals surface area contributed by atoms with Crippen molar-refractivity contribution in [3.05, 3.63) is 0 Å². The summed E-state index contributed by atoms with van der Waals surface area (Å²) in [5, 5.41) is 0. The molecule has 0 fully saturated rings. The lowest BCUT2D eigenvalue weighted by Gasteiger charge is -2.25. The Balaban J connectivity index is 4.33. The number of aliphatic imine (C=N–C) groups is 1. The van der Waals surface area contributed by atoms with E-state index in [1.807, 2.05) is 58.8 Å². The molecular formula is C13H28N4O2. The van der Waals surface area contributed by atoms with Crippen LogP contribution >= 0.6 is 0 Å². The van der Waals surface area contributed by atoms with Gasteiger partial charge in [0.25, 0.3) is 0 Å². The molecule has 0 aliphatic rings. The van der Waals surface area contributed by atoms with Crippen LogP contribution in [0.3, 0.4) is 0 Å². The fraction of sp³-hybridized carbons (Fsp3) is 0.846. The second kappa shape index (κ2) is 7.21. The Bertz CT molecular complexity index is 309. The van der Waals surface area contributed by atoms with Crippen molar-refractivity contribution in [3.63, 3.8) is 0 Å². The molecule has 0 aromatic heterocycles. The van der Waals surface area contributed by atoms with Gasteiger partial charge in [-0.3, -0.25) is 4.99 Å². The summed E-state index contributed by atoms with van der Waals surface area (Å²) in [6, 6.07) is 0. The standard InChI is InChI=1S/C13H28N4O2/c1-13(2,3)19-12(18)17(8)10-9-14-11(15(4)5)16(6)7/h9-10H2,1-8H3. The summed E-state index contributed by atoms with van der Waals surface area (Å²) in [4.78, 5) is 21.6. The lowest BCUT2D eigenvalue weighted by atomic mass is 10.2. The third kappa shape index (κ3) is 7.54. The number of carbonyl (C=O) groups excluding carboxylic acids is 1. The number of hydrogen-bond acceptors (Lipinski definition) is 3. The minimum atomic E-state index is -0.465. The zero-order chi connectivity index (χ0) is 15.2. The topological polar surface area (TPSA) is 48.4 Å². The van der Waals surface area contributed by atoms with Crippen molar-refractivity contribution >= 4 is 12.1 Å². The predicted octanol–water partition coefficient (Wildman–Crippen LogP) is 1.33. The van der Waals surface area contributed by atoms with Crippen LogP contribution in [0.1, 0.15) is 20.8 Å². The molecule has 0 saturated heterocycles. The summed E-state index contributed by atoms with van der Waals surface area (Å²) in [6.07, 6.45) is -0.320. The molecule has 6 heteroatoms. The summed E-state index contributed by atoms with van der Waals surface area (Å²) in [5.74, 6) is 0.873. The van der Waals surface area contributed by atoms with Crippen LogP contribution < -0.4 is 0 Å². The zero-order valence-corrected chi connectivity index (χ0v) is 13.5. The maximum atomic E-state index is 11.7. The lowest BCUT2D eigenvalue weighted by Crippen LogP contribution is -2.38. The summed E-state index contributed by atoms with van der Waals surface area (Å²) < 4.78 is 5.27. The highest BCUT2D eigenvalue weighted by atomic mass is 16.6. The van der Waals surface area contributed by atoms with Gasteiger partial charge in [-0.1, -0.05) is 0 Å². The van der Waals surface area contributed by atoms with Gasteiger partial charge in [0.2, 0.25) is 0 Å². The van der Waals surface area contributed by atoms with E-state index < -0.39 is 5.60 Å². The number of ether oxygens (including phenoxy) is 1. The van der Waals surface area contributed by atoms with Crippen molar-refractivity contribution in [2.75, 3.05) is 48.3 Å². The van der Waals surface area contributed by atoms with Gasteiger partial charge in [0, 0.05) is 41.8 Å². The summed E-state index contributed by atoms with van der Waals surface area (Å²) >= 11 is 0. The fourth-order valence-corrected chi connectivity index (χ4v) is 1.41. The number of carbonyl (C=O) groups is 1. The Labute approximate surface area is 117 Å². The molecule has 0 spiro atoms. The SMILES string of the molecule is CN(C)C(=NCCN(C)C(=O)OC(C)(C)C)N(C)C. The Morgan fingerprint density at radius 1 is 1.05 bits per heavy atom. The number of guanidine groups is 1. The first-order valence-corrected chi connectivity index (χ1v) is 6.38. The van der Waals surface area contributed by atoms with E-state index in [2.05, 4.69) is 4.99 Å². The molecule has 112 valence electrons. The second-order valence-electron chi connectivity index (χ2n) is 5.87. The van der Waals surface area contributed by atoms with Gasteiger partial charge in [0.1, 0.15) is 5.60 Å².